The summed E-state index contributed by atoms with van der Waals surface area (Å²) >= 11 is 6.46. The van der Waals surface area contributed by atoms with Crippen LogP contribution >= 0.6 is 11.6 Å². The Labute approximate surface area is 205 Å². The van der Waals surface area contributed by atoms with Crippen LogP contribution in [0.5, 0.6) is 5.75 Å². The van der Waals surface area contributed by atoms with Crippen molar-refractivity contribution in [2.45, 2.75) is 75.8 Å². The quantitative estimate of drug-likeness (QED) is 0.468. The summed E-state index contributed by atoms with van der Waals surface area (Å²) in [5.41, 5.74) is 2.21. The van der Waals surface area contributed by atoms with Gasteiger partial charge in [-0.2, -0.15) is 0 Å². The van der Waals surface area contributed by atoms with E-state index in [1.54, 1.807) is 18.2 Å². The van der Waals surface area contributed by atoms with Gasteiger partial charge in [0, 0.05) is 17.7 Å². The van der Waals surface area contributed by atoms with Crippen LogP contribution in [0.2, 0.25) is 5.02 Å². The third-order valence-electron chi connectivity index (χ3n) is 6.62. The van der Waals surface area contributed by atoms with Gasteiger partial charge < -0.3 is 34.6 Å². The predicted octanol–water partition coefficient (Wildman–Crippen LogP) is 3.16. The maximum Gasteiger partial charge on any atom is 0.224 e. The normalized spacial score (nSPS) is 29.6. The van der Waals surface area contributed by atoms with Crippen LogP contribution in [-0.2, 0) is 21.7 Å². The second-order valence-electron chi connectivity index (χ2n) is 8.79. The van der Waals surface area contributed by atoms with Crippen LogP contribution in [-0.4, -0.2) is 64.7 Å². The predicted molar refractivity (Wildman–Crippen MR) is 129 cm³/mol. The maximum absolute atomic E-state index is 10.7. The largest absolute Gasteiger partial charge is 0.490 e. The molecule has 5 atom stereocenters. The number of ether oxygens (including phenoxy) is 3. The van der Waals surface area contributed by atoms with E-state index < -0.39 is 36.8 Å². The van der Waals surface area contributed by atoms with Crippen LogP contribution in [0.15, 0.2) is 42.5 Å². The van der Waals surface area contributed by atoms with Gasteiger partial charge in [-0.3, -0.25) is 0 Å². The van der Waals surface area contributed by atoms with Crippen molar-refractivity contribution in [2.24, 2.45) is 0 Å². The molecule has 0 aromatic heterocycles. The highest BCUT2D eigenvalue weighted by Gasteiger charge is 2.55. The monoisotopic (exact) mass is 494 g/mol. The fourth-order valence-electron chi connectivity index (χ4n) is 4.70. The number of hydrogen-bond donors (Lipinski definition) is 4. The molecule has 4 rings (SSSR count). The molecule has 2 aromatic rings. The Kier molecular flexibility index (Phi) is 8.98. The minimum atomic E-state index is -1.77. The smallest absolute Gasteiger partial charge is 0.224 e. The lowest BCUT2D eigenvalue weighted by Gasteiger charge is -2.47. The van der Waals surface area contributed by atoms with E-state index in [1.807, 2.05) is 24.3 Å². The molecule has 1 saturated heterocycles. The Morgan fingerprint density at radius 2 is 1.71 bits per heavy atom. The number of rotatable bonds is 7. The van der Waals surface area contributed by atoms with Crippen molar-refractivity contribution in [3.05, 3.63) is 64.2 Å². The number of halogens is 1. The molecule has 4 N–H and O–H groups in total. The summed E-state index contributed by atoms with van der Waals surface area (Å²) in [5, 5.41) is 41.3. The number of benzene rings is 2. The highest BCUT2D eigenvalue weighted by atomic mass is 35.5. The van der Waals surface area contributed by atoms with E-state index in [1.165, 1.54) is 20.0 Å². The van der Waals surface area contributed by atoms with Gasteiger partial charge in [-0.05, 0) is 67.5 Å². The van der Waals surface area contributed by atoms with E-state index in [0.717, 1.165) is 29.7 Å². The van der Waals surface area contributed by atoms with Gasteiger partial charge in [0.25, 0.3) is 0 Å². The molecule has 188 valence electrons. The maximum atomic E-state index is 10.7. The van der Waals surface area contributed by atoms with E-state index in [2.05, 4.69) is 0 Å². The van der Waals surface area contributed by atoms with Crippen molar-refractivity contribution >= 4 is 11.6 Å². The zero-order valence-electron chi connectivity index (χ0n) is 18.6. The molecule has 1 aliphatic carbocycles. The first-order valence-corrected chi connectivity index (χ1v) is 11.7. The van der Waals surface area contributed by atoms with E-state index in [9.17, 15) is 20.4 Å². The van der Waals surface area contributed by atoms with Crippen LogP contribution in [0.1, 0.15) is 49.8 Å². The first-order valence-electron chi connectivity index (χ1n) is 11.3. The molecular formula is C26H35ClO7. The first kappa shape index (κ1) is 26.9. The number of hydrogen-bond acceptors (Lipinski definition) is 7. The fraction of sp³-hybridized carbons (Fsp3) is 0.538. The number of methoxy groups -OCH3 is 1. The Morgan fingerprint density at radius 1 is 1.03 bits per heavy atom. The van der Waals surface area contributed by atoms with Crippen LogP contribution in [0.3, 0.4) is 0 Å². The van der Waals surface area contributed by atoms with Gasteiger partial charge >= 0.3 is 0 Å². The summed E-state index contributed by atoms with van der Waals surface area (Å²) in [5.74, 6) is -0.921. The van der Waals surface area contributed by atoms with Gasteiger partial charge in [0.2, 0.25) is 5.79 Å². The van der Waals surface area contributed by atoms with Gasteiger partial charge in [-0.1, -0.05) is 37.2 Å². The standard InChI is InChI=1S/C25H31ClO7.CH4/c1-31-25(24(30)23(29)22(28)21(14-27)33-25)17-8-11-20(26)16(13-17)12-15-6-9-19(10-7-15)32-18-4-2-3-5-18;/h6-11,13,18,21-24,27-30H,2-5,12,14H2,1H3;1H4/t21-,22-,23+,24-,25?;/m1./s1. The van der Waals surface area contributed by atoms with E-state index in [0.29, 0.717) is 23.1 Å². The third-order valence-corrected chi connectivity index (χ3v) is 6.99. The van der Waals surface area contributed by atoms with Gasteiger partial charge in [-0.25, -0.2) is 0 Å². The fourth-order valence-corrected chi connectivity index (χ4v) is 4.88. The molecule has 34 heavy (non-hydrogen) atoms. The molecule has 1 saturated carbocycles. The average molecular weight is 495 g/mol. The average Bonchev–Trinajstić information content (AvgIpc) is 3.34. The van der Waals surface area contributed by atoms with Crippen molar-refractivity contribution < 1.29 is 34.6 Å². The van der Waals surface area contributed by atoms with Crippen LogP contribution in [0.4, 0.5) is 0 Å². The summed E-state index contributed by atoms with van der Waals surface area (Å²) in [4.78, 5) is 0. The molecular weight excluding hydrogens is 460 g/mol. The molecule has 0 amide bonds. The highest BCUT2D eigenvalue weighted by Crippen LogP contribution is 2.40. The van der Waals surface area contributed by atoms with Crippen molar-refractivity contribution in [2.75, 3.05) is 13.7 Å². The SMILES string of the molecule is C.COC1(c2ccc(Cl)c(Cc3ccc(OC4CCCC4)cc3)c2)O[C@H](CO)[C@@H](O)[C@H](O)[C@H]1O. The lowest BCUT2D eigenvalue weighted by molar-refractivity contribution is -0.366. The summed E-state index contributed by atoms with van der Waals surface area (Å²) in [6.45, 7) is -0.550. The number of aliphatic hydroxyl groups is 4. The summed E-state index contributed by atoms with van der Waals surface area (Å²) in [7, 11) is 1.33. The van der Waals surface area contributed by atoms with Crippen LogP contribution < -0.4 is 4.74 Å². The lowest BCUT2D eigenvalue weighted by atomic mass is 9.87. The topological polar surface area (TPSA) is 109 Å². The number of aliphatic hydroxyl groups excluding tert-OH is 4. The van der Waals surface area contributed by atoms with E-state index >= 15 is 0 Å². The van der Waals surface area contributed by atoms with Gasteiger partial charge in [0.1, 0.15) is 30.2 Å². The third kappa shape index (κ3) is 5.26. The Hall–Kier alpha value is -1.71. The first-order chi connectivity index (χ1) is 15.9. The molecule has 2 aliphatic rings. The van der Waals surface area contributed by atoms with Crippen molar-refractivity contribution in [1.29, 1.82) is 0 Å². The second kappa shape index (κ2) is 11.4. The molecule has 0 bridgehead atoms. The van der Waals surface area contributed by atoms with Crippen molar-refractivity contribution in [3.63, 3.8) is 0 Å². The van der Waals surface area contributed by atoms with Crippen molar-refractivity contribution in [3.8, 4) is 5.75 Å². The Balaban J connectivity index is 0.00000324. The van der Waals surface area contributed by atoms with Crippen LogP contribution in [0.25, 0.3) is 0 Å². The van der Waals surface area contributed by atoms with Crippen molar-refractivity contribution in [1.82, 2.24) is 0 Å². The van der Waals surface area contributed by atoms with Crippen LogP contribution in [0, 0.1) is 0 Å². The summed E-state index contributed by atoms with van der Waals surface area (Å²) in [6, 6.07) is 13.0. The van der Waals surface area contributed by atoms with Gasteiger partial charge in [0.05, 0.1) is 12.7 Å². The van der Waals surface area contributed by atoms with Gasteiger partial charge in [-0.15, -0.1) is 0 Å². The molecule has 2 fully saturated rings. The second-order valence-corrected chi connectivity index (χ2v) is 9.19. The lowest BCUT2D eigenvalue weighted by Crippen LogP contribution is -2.64. The molecule has 7 nitrogen and oxygen atoms in total. The molecule has 0 spiro atoms. The Bertz CT molecular complexity index is 929. The molecule has 0 radical (unpaired) electrons. The highest BCUT2D eigenvalue weighted by molar-refractivity contribution is 6.31. The molecule has 2 aromatic carbocycles. The molecule has 1 aliphatic heterocycles. The Morgan fingerprint density at radius 3 is 2.32 bits per heavy atom. The minimum absolute atomic E-state index is 0. The van der Waals surface area contributed by atoms with E-state index in [4.69, 9.17) is 25.8 Å². The summed E-state index contributed by atoms with van der Waals surface area (Å²) in [6.07, 6.45) is -0.290. The zero-order chi connectivity index (χ0) is 23.6. The molecule has 1 unspecified atom stereocenters. The van der Waals surface area contributed by atoms with E-state index in [-0.39, 0.29) is 7.43 Å². The van der Waals surface area contributed by atoms with Gasteiger partial charge in [0.15, 0.2) is 0 Å². The summed E-state index contributed by atoms with van der Waals surface area (Å²) < 4.78 is 17.4. The molecule has 1 heterocycles. The minimum Gasteiger partial charge on any atom is -0.490 e. The molecule has 8 heteroatoms. The zero-order valence-corrected chi connectivity index (χ0v) is 19.3.